The first kappa shape index (κ1) is 9.59. The molecule has 2 N–H and O–H groups in total. The van der Waals surface area contributed by atoms with E-state index >= 15 is 0 Å². The molecule has 0 aliphatic heterocycles. The largest absolute Gasteiger partial charge is 0.387 e. The van der Waals surface area contributed by atoms with Crippen LogP contribution in [0.3, 0.4) is 0 Å². The second kappa shape index (κ2) is 4.41. The molecule has 0 saturated heterocycles. The summed E-state index contributed by atoms with van der Waals surface area (Å²) in [5.41, 5.74) is 0. The summed E-state index contributed by atoms with van der Waals surface area (Å²) in [6.45, 7) is 3.72. The van der Waals surface area contributed by atoms with Gasteiger partial charge < -0.3 is 15.3 Å². The summed E-state index contributed by atoms with van der Waals surface area (Å²) in [4.78, 5) is 0. The molecule has 0 heterocycles. The molecule has 0 aromatic carbocycles. The van der Waals surface area contributed by atoms with Crippen LogP contribution in [0.1, 0.15) is 13.8 Å². The van der Waals surface area contributed by atoms with Crippen molar-refractivity contribution in [3.05, 3.63) is 0 Å². The summed E-state index contributed by atoms with van der Waals surface area (Å²) in [6.07, 6.45) is 0.340. The molecule has 0 spiro atoms. The molecule has 0 rings (SSSR count). The van der Waals surface area contributed by atoms with Gasteiger partial charge in [-0.05, 0) is 6.92 Å². The molecule has 0 bridgehead atoms. The van der Waals surface area contributed by atoms with E-state index < -0.39 is 6.10 Å². The van der Waals surface area contributed by atoms with E-state index in [1.165, 1.54) is 0 Å². The standard InChI is InChI=1S/C7H15NO2/c1-5(6(2)10-3)7(9)4-8/h4-9H,1-3H3/t5-,6+,7?/m1/s1. The van der Waals surface area contributed by atoms with Crippen molar-refractivity contribution < 1.29 is 9.84 Å². The maximum Gasteiger partial charge on any atom is 0.0934 e. The van der Waals surface area contributed by atoms with E-state index in [0.717, 1.165) is 6.21 Å². The van der Waals surface area contributed by atoms with Crippen molar-refractivity contribution in [3.8, 4) is 0 Å². The molecule has 1 unspecified atom stereocenters. The van der Waals surface area contributed by atoms with Crippen molar-refractivity contribution in [1.82, 2.24) is 0 Å². The Morgan fingerprint density at radius 1 is 1.50 bits per heavy atom. The number of ether oxygens (including phenoxy) is 1. The smallest absolute Gasteiger partial charge is 0.0934 e. The Morgan fingerprint density at radius 2 is 2.00 bits per heavy atom. The molecule has 60 valence electrons. The van der Waals surface area contributed by atoms with Gasteiger partial charge in [-0.25, -0.2) is 0 Å². The second-order valence-electron chi connectivity index (χ2n) is 2.46. The van der Waals surface area contributed by atoms with Crippen LogP contribution in [-0.4, -0.2) is 30.6 Å². The van der Waals surface area contributed by atoms with Gasteiger partial charge in [0.25, 0.3) is 0 Å². The lowest BCUT2D eigenvalue weighted by molar-refractivity contribution is 0.0307. The molecule has 3 atom stereocenters. The zero-order valence-corrected chi connectivity index (χ0v) is 6.66. The van der Waals surface area contributed by atoms with E-state index in [0.29, 0.717) is 0 Å². The number of nitrogens with one attached hydrogen (secondary N) is 1. The highest BCUT2D eigenvalue weighted by Gasteiger charge is 2.17. The van der Waals surface area contributed by atoms with E-state index in [1.807, 2.05) is 13.8 Å². The summed E-state index contributed by atoms with van der Waals surface area (Å²) in [6, 6.07) is 0. The summed E-state index contributed by atoms with van der Waals surface area (Å²) in [5, 5.41) is 15.9. The molecule has 0 fully saturated rings. The average molecular weight is 145 g/mol. The third-order valence-electron chi connectivity index (χ3n) is 1.82. The Morgan fingerprint density at radius 3 is 2.30 bits per heavy atom. The Kier molecular flexibility index (Phi) is 4.23. The Labute approximate surface area is 61.5 Å². The number of rotatable bonds is 4. The van der Waals surface area contributed by atoms with Gasteiger partial charge >= 0.3 is 0 Å². The summed E-state index contributed by atoms with van der Waals surface area (Å²) >= 11 is 0. The SMILES string of the molecule is CO[C@@H](C)[C@@H](C)C(O)C=N. The van der Waals surface area contributed by atoms with Crippen LogP contribution >= 0.6 is 0 Å². The van der Waals surface area contributed by atoms with E-state index in [4.69, 9.17) is 15.3 Å². The molecule has 10 heavy (non-hydrogen) atoms. The predicted molar refractivity (Wildman–Crippen MR) is 40.4 cm³/mol. The van der Waals surface area contributed by atoms with E-state index in [2.05, 4.69) is 0 Å². The van der Waals surface area contributed by atoms with Crippen molar-refractivity contribution in [2.45, 2.75) is 26.1 Å². The minimum absolute atomic E-state index is 0.00315. The molecule has 3 nitrogen and oxygen atoms in total. The van der Waals surface area contributed by atoms with Gasteiger partial charge in [0.1, 0.15) is 0 Å². The molecule has 0 aliphatic rings. The number of methoxy groups -OCH3 is 1. The number of hydrogen-bond acceptors (Lipinski definition) is 3. The van der Waals surface area contributed by atoms with Crippen LogP contribution in [0.2, 0.25) is 0 Å². The summed E-state index contributed by atoms with van der Waals surface area (Å²) in [7, 11) is 1.60. The first-order valence-electron chi connectivity index (χ1n) is 3.35. The van der Waals surface area contributed by atoms with Crippen LogP contribution < -0.4 is 0 Å². The molecule has 0 radical (unpaired) electrons. The van der Waals surface area contributed by atoms with Gasteiger partial charge in [0, 0.05) is 19.2 Å². The first-order chi connectivity index (χ1) is 4.63. The van der Waals surface area contributed by atoms with Crippen LogP contribution in [0.5, 0.6) is 0 Å². The molecule has 3 heteroatoms. The number of aliphatic hydroxyl groups is 1. The van der Waals surface area contributed by atoms with Crippen LogP contribution in [0.25, 0.3) is 0 Å². The van der Waals surface area contributed by atoms with Crippen LogP contribution in [0, 0.1) is 11.3 Å². The van der Waals surface area contributed by atoms with Crippen molar-refractivity contribution in [2.75, 3.05) is 7.11 Å². The number of aliphatic hydroxyl groups excluding tert-OH is 1. The molecular weight excluding hydrogens is 130 g/mol. The van der Waals surface area contributed by atoms with Gasteiger partial charge in [-0.2, -0.15) is 0 Å². The number of hydrogen-bond donors (Lipinski definition) is 2. The Balaban J connectivity index is 3.80. The van der Waals surface area contributed by atoms with Crippen molar-refractivity contribution in [1.29, 1.82) is 5.41 Å². The lowest BCUT2D eigenvalue weighted by atomic mass is 10.0. The molecule has 0 saturated carbocycles. The van der Waals surface area contributed by atoms with Crippen LogP contribution in [-0.2, 0) is 4.74 Å². The minimum Gasteiger partial charge on any atom is -0.387 e. The topological polar surface area (TPSA) is 53.3 Å². The average Bonchev–Trinajstić information content (AvgIpc) is 2.00. The third kappa shape index (κ3) is 2.45. The van der Waals surface area contributed by atoms with Crippen molar-refractivity contribution in [2.24, 2.45) is 5.92 Å². The monoisotopic (exact) mass is 145 g/mol. The fourth-order valence-electron chi connectivity index (χ4n) is 0.644. The van der Waals surface area contributed by atoms with Gasteiger partial charge in [-0.3, -0.25) is 0 Å². The lowest BCUT2D eigenvalue weighted by Gasteiger charge is -2.20. The van der Waals surface area contributed by atoms with Crippen LogP contribution in [0.4, 0.5) is 0 Å². The zero-order valence-electron chi connectivity index (χ0n) is 6.66. The highest BCUT2D eigenvalue weighted by atomic mass is 16.5. The van der Waals surface area contributed by atoms with Gasteiger partial charge in [0.2, 0.25) is 0 Å². The molecule has 0 aromatic heterocycles. The fourth-order valence-corrected chi connectivity index (χ4v) is 0.644. The maximum absolute atomic E-state index is 9.10. The van der Waals surface area contributed by atoms with E-state index in [9.17, 15) is 0 Å². The highest BCUT2D eigenvalue weighted by Crippen LogP contribution is 2.09. The van der Waals surface area contributed by atoms with Crippen molar-refractivity contribution >= 4 is 6.21 Å². The predicted octanol–water partition coefficient (Wildman–Crippen LogP) is 0.668. The quantitative estimate of drug-likeness (QED) is 0.571. The fraction of sp³-hybridized carbons (Fsp3) is 0.857. The Bertz CT molecular complexity index is 106. The highest BCUT2D eigenvalue weighted by molar-refractivity contribution is 5.59. The Hall–Kier alpha value is -0.410. The van der Waals surface area contributed by atoms with Crippen LogP contribution in [0.15, 0.2) is 0 Å². The minimum atomic E-state index is -0.685. The van der Waals surface area contributed by atoms with Crippen molar-refractivity contribution in [3.63, 3.8) is 0 Å². The molecule has 0 aliphatic carbocycles. The molecule has 0 aromatic rings. The van der Waals surface area contributed by atoms with Gasteiger partial charge in [0.05, 0.1) is 12.2 Å². The van der Waals surface area contributed by atoms with Gasteiger partial charge in [-0.1, -0.05) is 6.92 Å². The summed E-state index contributed by atoms with van der Waals surface area (Å²) in [5.74, 6) is -0.0116. The molecule has 0 amide bonds. The molecular formula is C7H15NO2. The van der Waals surface area contributed by atoms with Gasteiger partial charge in [0.15, 0.2) is 0 Å². The summed E-state index contributed by atoms with van der Waals surface area (Å²) < 4.78 is 4.97. The maximum atomic E-state index is 9.10. The van der Waals surface area contributed by atoms with Gasteiger partial charge in [-0.15, -0.1) is 0 Å². The normalized spacial score (nSPS) is 19.6. The van der Waals surface area contributed by atoms with E-state index in [1.54, 1.807) is 7.11 Å². The lowest BCUT2D eigenvalue weighted by Crippen LogP contribution is -2.29. The first-order valence-corrected chi connectivity index (χ1v) is 3.35. The third-order valence-corrected chi connectivity index (χ3v) is 1.82. The second-order valence-corrected chi connectivity index (χ2v) is 2.46. The van der Waals surface area contributed by atoms with E-state index in [-0.39, 0.29) is 12.0 Å². The zero-order chi connectivity index (χ0) is 8.15.